The van der Waals surface area contributed by atoms with Crippen LogP contribution in [0.3, 0.4) is 0 Å². The molecule has 0 heterocycles. The van der Waals surface area contributed by atoms with Gasteiger partial charge < -0.3 is 9.53 Å². The van der Waals surface area contributed by atoms with Crippen LogP contribution in [0, 0.1) is 53.3 Å². The molecule has 0 bridgehead atoms. The summed E-state index contributed by atoms with van der Waals surface area (Å²) < 4.78 is 6.68. The maximum Gasteiger partial charge on any atom is 0.191 e. The van der Waals surface area contributed by atoms with Crippen LogP contribution in [0.2, 0.25) is 18.1 Å². The first-order chi connectivity index (χ1) is 16.6. The summed E-state index contributed by atoms with van der Waals surface area (Å²) in [5.74, 6) is 5.63. The second kappa shape index (κ2) is 12.4. The van der Waals surface area contributed by atoms with Crippen molar-refractivity contribution in [1.29, 1.82) is 0 Å². The van der Waals surface area contributed by atoms with Crippen molar-refractivity contribution in [2.24, 2.45) is 40.9 Å². The molecule has 2 saturated carbocycles. The Kier molecular flexibility index (Phi) is 10.8. The van der Waals surface area contributed by atoms with Crippen LogP contribution in [0.1, 0.15) is 99.8 Å². The molecule has 0 aromatic heterocycles. The summed E-state index contributed by atoms with van der Waals surface area (Å²) in [5, 5.41) is 12.6. The van der Waals surface area contributed by atoms with E-state index in [-0.39, 0.29) is 16.4 Å². The van der Waals surface area contributed by atoms with E-state index >= 15 is 0 Å². The highest BCUT2D eigenvalue weighted by molar-refractivity contribution is 6.74. The fourth-order valence-electron chi connectivity index (χ4n) is 7.31. The molecular weight excluding hydrogens is 456 g/mol. The molecule has 0 aromatic rings. The molecule has 7 atom stereocenters. The van der Waals surface area contributed by atoms with Gasteiger partial charge in [0.05, 0.1) is 5.60 Å². The quantitative estimate of drug-likeness (QED) is 0.160. The third kappa shape index (κ3) is 6.97. The van der Waals surface area contributed by atoms with E-state index in [1.807, 2.05) is 6.08 Å². The Morgan fingerprint density at radius 3 is 2.42 bits per heavy atom. The lowest BCUT2D eigenvalue weighted by atomic mass is 9.53. The normalized spacial score (nSPS) is 32.9. The van der Waals surface area contributed by atoms with Crippen LogP contribution < -0.4 is 0 Å². The molecule has 1 unspecified atom stereocenters. The van der Waals surface area contributed by atoms with Gasteiger partial charge >= 0.3 is 0 Å². The van der Waals surface area contributed by atoms with Crippen molar-refractivity contribution in [3.63, 3.8) is 0 Å². The Hall–Kier alpha value is -0.823. The van der Waals surface area contributed by atoms with Crippen molar-refractivity contribution < 1.29 is 9.53 Å². The standard InChI is InChI=1S/C33H58O2Si/c1-12-15-27(17-14-16-25(3)4)23-28-20-22-32(9)29(18-19-30(32)33(28,34)21-13-2)26(5)24-35-36(10,11)31(6,7)8/h1,13-14,16,25-30,34H,2,15,17-24H2,3-11H3/b16-14+/t26-,27-,28+,29-,30?,32-,33+/m1/s1. The molecule has 0 aromatic carbocycles. The minimum atomic E-state index is -1.77. The van der Waals surface area contributed by atoms with Crippen molar-refractivity contribution in [2.45, 2.75) is 124 Å². The first-order valence-electron chi connectivity index (χ1n) is 14.7. The van der Waals surface area contributed by atoms with Gasteiger partial charge in [-0.05, 0) is 104 Å². The lowest BCUT2D eigenvalue weighted by Gasteiger charge is -2.55. The SMILES string of the molecule is C#CC[C@H](C/C=C/C(C)C)C[C@@H]1CC[C@@]2(C)C(CC[C@@H]2[C@H](C)CO[Si](C)(C)C(C)(C)C)[C@]1(O)CC=C. The van der Waals surface area contributed by atoms with Crippen LogP contribution in [0.5, 0.6) is 0 Å². The first-order valence-corrected chi connectivity index (χ1v) is 17.6. The lowest BCUT2D eigenvalue weighted by Crippen LogP contribution is -2.55. The highest BCUT2D eigenvalue weighted by Gasteiger charge is 2.60. The lowest BCUT2D eigenvalue weighted by molar-refractivity contribution is -0.151. The minimum Gasteiger partial charge on any atom is -0.417 e. The van der Waals surface area contributed by atoms with E-state index in [1.165, 1.54) is 12.8 Å². The number of terminal acetylenes is 1. The molecular formula is C33H58O2Si. The largest absolute Gasteiger partial charge is 0.417 e. The summed E-state index contributed by atoms with van der Waals surface area (Å²) in [4.78, 5) is 0. The van der Waals surface area contributed by atoms with E-state index in [4.69, 9.17) is 10.8 Å². The predicted molar refractivity (Wildman–Crippen MR) is 159 cm³/mol. The summed E-state index contributed by atoms with van der Waals surface area (Å²) in [6, 6.07) is 0. The number of hydrogen-bond acceptors (Lipinski definition) is 2. The molecule has 36 heavy (non-hydrogen) atoms. The third-order valence-corrected chi connectivity index (χ3v) is 14.9. The number of aliphatic hydroxyl groups is 1. The van der Waals surface area contributed by atoms with Gasteiger partial charge in [0.2, 0.25) is 0 Å². The monoisotopic (exact) mass is 514 g/mol. The van der Waals surface area contributed by atoms with Gasteiger partial charge in [-0.15, -0.1) is 18.9 Å². The van der Waals surface area contributed by atoms with Gasteiger partial charge in [-0.25, -0.2) is 0 Å². The van der Waals surface area contributed by atoms with E-state index in [1.54, 1.807) is 0 Å². The molecule has 206 valence electrons. The van der Waals surface area contributed by atoms with Gasteiger partial charge in [-0.3, -0.25) is 0 Å². The number of allylic oxidation sites excluding steroid dienone is 2. The van der Waals surface area contributed by atoms with E-state index in [0.717, 1.165) is 38.7 Å². The van der Waals surface area contributed by atoms with Gasteiger partial charge in [0.15, 0.2) is 8.32 Å². The zero-order valence-electron chi connectivity index (χ0n) is 25.2. The Labute approximate surface area is 225 Å². The maximum atomic E-state index is 12.4. The second-order valence-electron chi connectivity index (χ2n) is 14.4. The zero-order valence-corrected chi connectivity index (χ0v) is 26.2. The van der Waals surface area contributed by atoms with Crippen molar-refractivity contribution in [3.05, 3.63) is 24.8 Å². The number of hydrogen-bond donors (Lipinski definition) is 1. The molecule has 2 aliphatic rings. The molecule has 2 fully saturated rings. The van der Waals surface area contributed by atoms with Gasteiger partial charge in [0.25, 0.3) is 0 Å². The topological polar surface area (TPSA) is 29.5 Å². The number of rotatable bonds is 12. The van der Waals surface area contributed by atoms with E-state index in [9.17, 15) is 5.11 Å². The molecule has 2 rings (SSSR count). The Morgan fingerprint density at radius 1 is 1.19 bits per heavy atom. The molecule has 0 aliphatic heterocycles. The molecule has 2 nitrogen and oxygen atoms in total. The Balaban J connectivity index is 2.20. The second-order valence-corrected chi connectivity index (χ2v) is 19.2. The van der Waals surface area contributed by atoms with Crippen LogP contribution >= 0.6 is 0 Å². The smallest absolute Gasteiger partial charge is 0.191 e. The molecule has 0 spiro atoms. The Morgan fingerprint density at radius 2 is 1.86 bits per heavy atom. The van der Waals surface area contributed by atoms with Crippen LogP contribution in [0.4, 0.5) is 0 Å². The minimum absolute atomic E-state index is 0.156. The van der Waals surface area contributed by atoms with Gasteiger partial charge in [-0.2, -0.15) is 0 Å². The van der Waals surface area contributed by atoms with Crippen LogP contribution in [0.25, 0.3) is 0 Å². The van der Waals surface area contributed by atoms with Crippen LogP contribution in [-0.2, 0) is 4.43 Å². The summed E-state index contributed by atoms with van der Waals surface area (Å²) >= 11 is 0. The van der Waals surface area contributed by atoms with E-state index < -0.39 is 13.9 Å². The van der Waals surface area contributed by atoms with Gasteiger partial charge in [0.1, 0.15) is 0 Å². The Bertz CT molecular complexity index is 784. The average molecular weight is 515 g/mol. The third-order valence-electron chi connectivity index (χ3n) is 10.4. The maximum absolute atomic E-state index is 12.4. The number of fused-ring (bicyclic) bond motifs is 1. The molecule has 3 heteroatoms. The predicted octanol–water partition coefficient (Wildman–Crippen LogP) is 9.03. The summed E-state index contributed by atoms with van der Waals surface area (Å²) in [6.07, 6.45) is 20.4. The van der Waals surface area contributed by atoms with Crippen molar-refractivity contribution in [2.75, 3.05) is 6.61 Å². The average Bonchev–Trinajstić information content (AvgIpc) is 3.12. The van der Waals surface area contributed by atoms with E-state index in [0.29, 0.717) is 36.0 Å². The zero-order chi connectivity index (χ0) is 27.4. The first kappa shape index (κ1) is 31.4. The molecule has 0 radical (unpaired) electrons. The van der Waals surface area contributed by atoms with Crippen molar-refractivity contribution in [1.82, 2.24) is 0 Å². The molecule has 0 amide bonds. The summed E-state index contributed by atoms with van der Waals surface area (Å²) in [7, 11) is -1.77. The van der Waals surface area contributed by atoms with Crippen LogP contribution in [0.15, 0.2) is 24.8 Å². The highest BCUT2D eigenvalue weighted by Crippen LogP contribution is 2.63. The fourth-order valence-corrected chi connectivity index (χ4v) is 8.42. The molecule has 0 saturated heterocycles. The summed E-state index contributed by atoms with van der Waals surface area (Å²) in [5.41, 5.74) is -0.526. The van der Waals surface area contributed by atoms with Gasteiger partial charge in [0, 0.05) is 13.0 Å². The highest BCUT2D eigenvalue weighted by atomic mass is 28.4. The van der Waals surface area contributed by atoms with Crippen molar-refractivity contribution in [3.8, 4) is 12.3 Å². The fraction of sp³-hybridized carbons (Fsp3) is 0.818. The van der Waals surface area contributed by atoms with Crippen molar-refractivity contribution >= 4 is 8.32 Å². The summed E-state index contributed by atoms with van der Waals surface area (Å²) in [6.45, 7) is 25.9. The van der Waals surface area contributed by atoms with E-state index in [2.05, 4.69) is 86.2 Å². The molecule has 2 aliphatic carbocycles. The molecule has 1 N–H and O–H groups in total. The van der Waals surface area contributed by atoms with Crippen LogP contribution in [-0.4, -0.2) is 25.6 Å². The van der Waals surface area contributed by atoms with Gasteiger partial charge in [-0.1, -0.05) is 66.7 Å².